The second kappa shape index (κ2) is 7.32. The molecule has 6 rings (SSSR count). The lowest BCUT2D eigenvalue weighted by atomic mass is 9.51. The standard InChI is InChI=1S/C34H36/c1-7-11-22-12-10-15-25-27-20-30-31(19-26(27)23-13-8-9-14-24(23)32(22)25)34(5,6)29-18-21(2)16-17-28(29)33(30,3)4/h8-10,12-20,28-29H,7,11H2,1-6H3. The number of aryl methyl sites for hydroxylation is 1. The Kier molecular flexibility index (Phi) is 4.66. The predicted molar refractivity (Wildman–Crippen MR) is 149 cm³/mol. The van der Waals surface area contributed by atoms with Gasteiger partial charge in [0, 0.05) is 0 Å². The molecule has 34 heavy (non-hydrogen) atoms. The maximum atomic E-state index is 2.58. The molecule has 2 atom stereocenters. The normalized spacial score (nSPS) is 22.6. The van der Waals surface area contributed by atoms with Crippen LogP contribution in [0.25, 0.3) is 32.3 Å². The fraction of sp³-hybridized carbons (Fsp3) is 0.353. The topological polar surface area (TPSA) is 0 Å². The molecule has 0 fully saturated rings. The lowest BCUT2D eigenvalue weighted by molar-refractivity contribution is 0.189. The summed E-state index contributed by atoms with van der Waals surface area (Å²) >= 11 is 0. The van der Waals surface area contributed by atoms with Crippen molar-refractivity contribution in [3.63, 3.8) is 0 Å². The van der Waals surface area contributed by atoms with Crippen molar-refractivity contribution in [2.45, 2.75) is 65.2 Å². The summed E-state index contributed by atoms with van der Waals surface area (Å²) in [4.78, 5) is 0. The number of hydrogen-bond donors (Lipinski definition) is 0. The van der Waals surface area contributed by atoms with Gasteiger partial charge in [-0.3, -0.25) is 0 Å². The first kappa shape index (κ1) is 21.7. The van der Waals surface area contributed by atoms with Crippen molar-refractivity contribution in [1.82, 2.24) is 0 Å². The summed E-state index contributed by atoms with van der Waals surface area (Å²) in [5.74, 6) is 1.03. The lowest BCUT2D eigenvalue weighted by Crippen LogP contribution is -2.48. The van der Waals surface area contributed by atoms with E-state index in [1.165, 1.54) is 61.0 Å². The van der Waals surface area contributed by atoms with E-state index in [-0.39, 0.29) is 10.8 Å². The van der Waals surface area contributed by atoms with Crippen molar-refractivity contribution in [3.05, 3.63) is 95.1 Å². The van der Waals surface area contributed by atoms with Gasteiger partial charge in [0.15, 0.2) is 0 Å². The molecule has 0 spiro atoms. The largest absolute Gasteiger partial charge is 0.0797 e. The third-order valence-corrected chi connectivity index (χ3v) is 9.06. The third kappa shape index (κ3) is 2.84. The average molecular weight is 445 g/mol. The Balaban J connectivity index is 1.78. The number of hydrogen-bond acceptors (Lipinski definition) is 0. The van der Waals surface area contributed by atoms with Crippen molar-refractivity contribution in [2.75, 3.05) is 0 Å². The average Bonchev–Trinajstić information content (AvgIpc) is 2.82. The Labute approximate surface area is 204 Å². The minimum Gasteiger partial charge on any atom is -0.0797 e. The summed E-state index contributed by atoms with van der Waals surface area (Å²) in [6.45, 7) is 14.4. The molecule has 0 aromatic heterocycles. The Morgan fingerprint density at radius 1 is 0.706 bits per heavy atom. The summed E-state index contributed by atoms with van der Waals surface area (Å²) in [7, 11) is 0. The van der Waals surface area contributed by atoms with E-state index in [0.717, 1.165) is 6.42 Å². The molecule has 0 heteroatoms. The molecule has 0 N–H and O–H groups in total. The maximum absolute atomic E-state index is 2.58. The van der Waals surface area contributed by atoms with E-state index in [9.17, 15) is 0 Å². The van der Waals surface area contributed by atoms with Crippen LogP contribution >= 0.6 is 0 Å². The van der Waals surface area contributed by atoms with Crippen LogP contribution in [0.3, 0.4) is 0 Å². The van der Waals surface area contributed by atoms with Gasteiger partial charge >= 0.3 is 0 Å². The number of benzene rings is 4. The molecular formula is C34H36. The zero-order chi connectivity index (χ0) is 23.8. The first-order valence-corrected chi connectivity index (χ1v) is 13.0. The fourth-order valence-electron chi connectivity index (χ4n) is 7.19. The molecule has 2 unspecified atom stereocenters. The van der Waals surface area contributed by atoms with Gasteiger partial charge in [-0.1, -0.05) is 107 Å². The molecule has 2 aliphatic carbocycles. The molecule has 0 amide bonds. The first-order valence-electron chi connectivity index (χ1n) is 13.0. The monoisotopic (exact) mass is 444 g/mol. The molecule has 0 bridgehead atoms. The Hall–Kier alpha value is -2.86. The summed E-state index contributed by atoms with van der Waals surface area (Å²) < 4.78 is 0. The van der Waals surface area contributed by atoms with E-state index in [1.807, 2.05) is 0 Å². The molecule has 4 aromatic carbocycles. The van der Waals surface area contributed by atoms with E-state index in [0.29, 0.717) is 11.8 Å². The molecule has 2 aliphatic rings. The van der Waals surface area contributed by atoms with Crippen LogP contribution in [-0.2, 0) is 17.3 Å². The van der Waals surface area contributed by atoms with Crippen LogP contribution in [0.5, 0.6) is 0 Å². The highest BCUT2D eigenvalue weighted by atomic mass is 14.5. The van der Waals surface area contributed by atoms with Crippen molar-refractivity contribution >= 4 is 32.3 Å². The Bertz CT molecular complexity index is 1520. The molecule has 0 heterocycles. The van der Waals surface area contributed by atoms with E-state index in [1.54, 1.807) is 0 Å². The van der Waals surface area contributed by atoms with Gasteiger partial charge in [0.25, 0.3) is 0 Å². The van der Waals surface area contributed by atoms with Gasteiger partial charge in [0.05, 0.1) is 0 Å². The van der Waals surface area contributed by atoms with Gasteiger partial charge in [-0.05, 0) is 97.2 Å². The highest BCUT2D eigenvalue weighted by Gasteiger charge is 2.50. The van der Waals surface area contributed by atoms with Crippen LogP contribution in [0.1, 0.15) is 64.7 Å². The van der Waals surface area contributed by atoms with Gasteiger partial charge in [-0.2, -0.15) is 0 Å². The minimum atomic E-state index is 0.0792. The molecule has 4 aromatic rings. The van der Waals surface area contributed by atoms with Gasteiger partial charge in [0.2, 0.25) is 0 Å². The molecule has 0 saturated carbocycles. The summed E-state index contributed by atoms with van der Waals surface area (Å²) in [6.07, 6.45) is 9.66. The van der Waals surface area contributed by atoms with Crippen molar-refractivity contribution in [1.29, 1.82) is 0 Å². The molecule has 172 valence electrons. The zero-order valence-corrected chi connectivity index (χ0v) is 21.5. The van der Waals surface area contributed by atoms with Crippen LogP contribution in [0.15, 0.2) is 78.4 Å². The third-order valence-electron chi connectivity index (χ3n) is 9.06. The van der Waals surface area contributed by atoms with Gasteiger partial charge in [0.1, 0.15) is 0 Å². The maximum Gasteiger partial charge on any atom is -0.00315 e. The molecule has 0 aliphatic heterocycles. The minimum absolute atomic E-state index is 0.0792. The number of fused-ring (bicyclic) bond motifs is 8. The summed E-state index contributed by atoms with van der Waals surface area (Å²) in [6, 6.07) is 21.2. The van der Waals surface area contributed by atoms with E-state index >= 15 is 0 Å². The Morgan fingerprint density at radius 3 is 2.00 bits per heavy atom. The molecule has 0 nitrogen and oxygen atoms in total. The van der Waals surface area contributed by atoms with Crippen LogP contribution in [0.4, 0.5) is 0 Å². The van der Waals surface area contributed by atoms with E-state index in [2.05, 4.69) is 114 Å². The number of rotatable bonds is 2. The first-order chi connectivity index (χ1) is 16.2. The quantitative estimate of drug-likeness (QED) is 0.270. The highest BCUT2D eigenvalue weighted by Crippen LogP contribution is 2.56. The molecular weight excluding hydrogens is 408 g/mol. The Morgan fingerprint density at radius 2 is 1.29 bits per heavy atom. The lowest BCUT2D eigenvalue weighted by Gasteiger charge is -2.53. The van der Waals surface area contributed by atoms with Gasteiger partial charge in [-0.25, -0.2) is 0 Å². The zero-order valence-electron chi connectivity index (χ0n) is 21.5. The van der Waals surface area contributed by atoms with Crippen LogP contribution < -0.4 is 0 Å². The second-order valence-electron chi connectivity index (χ2n) is 11.8. The summed E-state index contributed by atoms with van der Waals surface area (Å²) in [5.41, 5.74) is 6.09. The van der Waals surface area contributed by atoms with Crippen molar-refractivity contribution in [2.24, 2.45) is 11.8 Å². The van der Waals surface area contributed by atoms with E-state index in [4.69, 9.17) is 0 Å². The SMILES string of the molecule is CCCc1cccc2c3cc4c(cc3c3ccccc3c12)C(C)(C)C1C=C(C)C=CC1C4(C)C. The highest BCUT2D eigenvalue weighted by molar-refractivity contribution is 6.26. The van der Waals surface area contributed by atoms with Crippen LogP contribution in [-0.4, -0.2) is 0 Å². The fourth-order valence-corrected chi connectivity index (χ4v) is 7.19. The summed E-state index contributed by atoms with van der Waals surface area (Å²) in [5, 5.41) is 8.48. The van der Waals surface area contributed by atoms with Crippen LogP contribution in [0.2, 0.25) is 0 Å². The van der Waals surface area contributed by atoms with Crippen LogP contribution in [0, 0.1) is 11.8 Å². The molecule has 0 radical (unpaired) electrons. The van der Waals surface area contributed by atoms with E-state index < -0.39 is 0 Å². The second-order valence-corrected chi connectivity index (χ2v) is 11.8. The van der Waals surface area contributed by atoms with Gasteiger partial charge in [-0.15, -0.1) is 0 Å². The molecule has 0 saturated heterocycles. The van der Waals surface area contributed by atoms with Gasteiger partial charge < -0.3 is 0 Å². The predicted octanol–water partition coefficient (Wildman–Crippen LogP) is 9.42. The van der Waals surface area contributed by atoms with Crippen molar-refractivity contribution in [3.8, 4) is 0 Å². The number of allylic oxidation sites excluding steroid dienone is 4. The van der Waals surface area contributed by atoms with Crippen molar-refractivity contribution < 1.29 is 0 Å². The smallest absolute Gasteiger partial charge is 0.00315 e.